The van der Waals surface area contributed by atoms with Gasteiger partial charge in [0.25, 0.3) is 0 Å². The number of aromatic nitrogens is 3. The molecule has 1 amide bonds. The highest BCUT2D eigenvalue weighted by molar-refractivity contribution is 7.99. The number of hydrogen-bond acceptors (Lipinski definition) is 5. The fourth-order valence-electron chi connectivity index (χ4n) is 1.45. The summed E-state index contributed by atoms with van der Waals surface area (Å²) in [6.45, 7) is 0. The first-order valence-electron chi connectivity index (χ1n) is 5.76. The van der Waals surface area contributed by atoms with Crippen LogP contribution < -0.4 is 10.1 Å². The molecule has 1 aromatic carbocycles. The van der Waals surface area contributed by atoms with E-state index in [1.165, 1.54) is 18.9 Å². The van der Waals surface area contributed by atoms with Gasteiger partial charge in [-0.3, -0.25) is 10.1 Å². The number of ether oxygens (including phenoxy) is 1. The van der Waals surface area contributed by atoms with Crippen molar-refractivity contribution in [2.75, 3.05) is 18.2 Å². The molecule has 2 rings (SSSR count). The maximum atomic E-state index is 11.7. The maximum Gasteiger partial charge on any atom is 0.336 e. The summed E-state index contributed by atoms with van der Waals surface area (Å²) in [5, 5.41) is 9.58. The normalized spacial score (nSPS) is 10.3. The van der Waals surface area contributed by atoms with Crippen LogP contribution in [0.1, 0.15) is 5.56 Å². The molecule has 6 nitrogen and oxygen atoms in total. The summed E-state index contributed by atoms with van der Waals surface area (Å²) in [6.07, 6.45) is 0. The van der Waals surface area contributed by atoms with E-state index in [0.29, 0.717) is 16.5 Å². The van der Waals surface area contributed by atoms with Gasteiger partial charge in [-0.2, -0.15) is 4.98 Å². The molecule has 1 aromatic heterocycles. The number of halogens is 1. The molecule has 0 saturated carbocycles. The van der Waals surface area contributed by atoms with Crippen LogP contribution in [0.5, 0.6) is 6.01 Å². The summed E-state index contributed by atoms with van der Waals surface area (Å²) >= 11 is 7.38. The number of methoxy groups -OCH3 is 1. The molecule has 0 fully saturated rings. The molecular formula is C12H13ClN4O2S. The van der Waals surface area contributed by atoms with Crippen LogP contribution in [-0.4, -0.2) is 34.0 Å². The number of rotatable bonds is 6. The van der Waals surface area contributed by atoms with E-state index in [-0.39, 0.29) is 17.9 Å². The molecule has 0 atom stereocenters. The smallest absolute Gasteiger partial charge is 0.336 e. The highest BCUT2D eigenvalue weighted by Crippen LogP contribution is 2.16. The van der Waals surface area contributed by atoms with Gasteiger partial charge in [0.1, 0.15) is 0 Å². The first-order chi connectivity index (χ1) is 9.67. The Hall–Kier alpha value is -1.73. The zero-order chi connectivity index (χ0) is 14.4. The van der Waals surface area contributed by atoms with Crippen molar-refractivity contribution in [3.8, 4) is 6.01 Å². The Balaban J connectivity index is 1.75. The van der Waals surface area contributed by atoms with Crippen molar-refractivity contribution >= 4 is 35.2 Å². The van der Waals surface area contributed by atoms with Crippen molar-refractivity contribution in [3.63, 3.8) is 0 Å². The third-order valence-corrected chi connectivity index (χ3v) is 3.54. The number of thioether (sulfide) groups is 1. The van der Waals surface area contributed by atoms with Crippen LogP contribution in [0.25, 0.3) is 0 Å². The summed E-state index contributed by atoms with van der Waals surface area (Å²) in [5.74, 6) is 1.15. The predicted molar refractivity (Wildman–Crippen MR) is 79.2 cm³/mol. The fraction of sp³-hybridized carbons (Fsp3) is 0.250. The molecule has 0 aliphatic heterocycles. The Labute approximate surface area is 125 Å². The number of anilines is 1. The lowest BCUT2D eigenvalue weighted by molar-refractivity contribution is -0.113. The van der Waals surface area contributed by atoms with Gasteiger partial charge in [0, 0.05) is 10.8 Å². The van der Waals surface area contributed by atoms with Crippen molar-refractivity contribution in [3.05, 3.63) is 34.9 Å². The van der Waals surface area contributed by atoms with Gasteiger partial charge in [-0.25, -0.2) is 5.10 Å². The third kappa shape index (κ3) is 4.43. The molecule has 2 N–H and O–H groups in total. The minimum atomic E-state index is -0.157. The maximum absolute atomic E-state index is 11.7. The second-order valence-electron chi connectivity index (χ2n) is 3.84. The second-order valence-corrected chi connectivity index (χ2v) is 5.26. The van der Waals surface area contributed by atoms with Crippen molar-refractivity contribution in [2.24, 2.45) is 0 Å². The summed E-state index contributed by atoms with van der Waals surface area (Å²) in [6, 6.07) is 7.75. The highest BCUT2D eigenvalue weighted by atomic mass is 35.5. The van der Waals surface area contributed by atoms with Crippen LogP contribution in [0.4, 0.5) is 5.95 Å². The number of nitrogens with zero attached hydrogens (tertiary/aromatic N) is 2. The molecule has 8 heteroatoms. The zero-order valence-electron chi connectivity index (χ0n) is 10.7. The van der Waals surface area contributed by atoms with Gasteiger partial charge in [-0.15, -0.1) is 16.9 Å². The van der Waals surface area contributed by atoms with Gasteiger partial charge in [-0.05, 0) is 17.7 Å². The van der Waals surface area contributed by atoms with Gasteiger partial charge in [0.05, 0.1) is 12.9 Å². The largest absolute Gasteiger partial charge is 0.466 e. The van der Waals surface area contributed by atoms with Crippen molar-refractivity contribution in [1.82, 2.24) is 15.2 Å². The number of benzene rings is 1. The molecule has 0 unspecified atom stereocenters. The molecule has 0 saturated heterocycles. The number of H-pyrrole nitrogens is 1. The van der Waals surface area contributed by atoms with Gasteiger partial charge < -0.3 is 4.74 Å². The minimum absolute atomic E-state index is 0.157. The summed E-state index contributed by atoms with van der Waals surface area (Å²) in [4.78, 5) is 15.6. The number of hydrogen-bond donors (Lipinski definition) is 2. The average molecular weight is 313 g/mol. The van der Waals surface area contributed by atoms with Gasteiger partial charge in [0.15, 0.2) is 0 Å². The SMILES string of the molecule is COc1n[nH]c(NC(=O)CSCc2cccc(Cl)c2)n1. The minimum Gasteiger partial charge on any atom is -0.466 e. The van der Waals surface area contributed by atoms with Crippen LogP contribution in [0.3, 0.4) is 0 Å². The molecule has 0 spiro atoms. The number of aromatic amines is 1. The molecule has 1 heterocycles. The van der Waals surface area contributed by atoms with Crippen LogP contribution in [0, 0.1) is 0 Å². The first kappa shape index (κ1) is 14.7. The van der Waals surface area contributed by atoms with E-state index in [1.54, 1.807) is 0 Å². The van der Waals surface area contributed by atoms with Crippen LogP contribution in [-0.2, 0) is 10.5 Å². The Morgan fingerprint density at radius 2 is 2.40 bits per heavy atom. The van der Waals surface area contributed by atoms with Gasteiger partial charge in [0.2, 0.25) is 11.9 Å². The predicted octanol–water partition coefficient (Wildman–Crippen LogP) is 2.34. The monoisotopic (exact) mass is 312 g/mol. The lowest BCUT2D eigenvalue weighted by atomic mass is 10.2. The highest BCUT2D eigenvalue weighted by Gasteiger charge is 2.07. The first-order valence-corrected chi connectivity index (χ1v) is 7.29. The Morgan fingerprint density at radius 3 is 3.10 bits per heavy atom. The molecule has 0 aliphatic rings. The number of amides is 1. The van der Waals surface area contributed by atoms with Crippen molar-refractivity contribution < 1.29 is 9.53 Å². The molecule has 0 radical (unpaired) electrons. The van der Waals surface area contributed by atoms with Gasteiger partial charge in [-0.1, -0.05) is 23.7 Å². The molecule has 20 heavy (non-hydrogen) atoms. The molecule has 0 aliphatic carbocycles. The Bertz CT molecular complexity index is 590. The summed E-state index contributed by atoms with van der Waals surface area (Å²) in [7, 11) is 1.45. The third-order valence-electron chi connectivity index (χ3n) is 2.30. The van der Waals surface area contributed by atoms with E-state index in [0.717, 1.165) is 5.56 Å². The quantitative estimate of drug-likeness (QED) is 0.856. The number of nitrogens with one attached hydrogen (secondary N) is 2. The summed E-state index contributed by atoms with van der Waals surface area (Å²) < 4.78 is 4.80. The van der Waals surface area contributed by atoms with E-state index < -0.39 is 0 Å². The zero-order valence-corrected chi connectivity index (χ0v) is 12.3. The Morgan fingerprint density at radius 1 is 1.55 bits per heavy atom. The van der Waals surface area contributed by atoms with E-state index >= 15 is 0 Å². The number of carbonyl (C=O) groups is 1. The topological polar surface area (TPSA) is 79.9 Å². The fourth-order valence-corrected chi connectivity index (χ4v) is 2.44. The van der Waals surface area contributed by atoms with Crippen molar-refractivity contribution in [1.29, 1.82) is 0 Å². The molecule has 106 valence electrons. The standard InChI is InChI=1S/C12H13ClN4O2S/c1-19-12-15-11(16-17-12)14-10(18)7-20-6-8-3-2-4-9(13)5-8/h2-5H,6-7H2,1H3,(H2,14,15,16,17,18). The molecular weight excluding hydrogens is 300 g/mol. The van der Waals surface area contributed by atoms with E-state index in [2.05, 4.69) is 20.5 Å². The van der Waals surface area contributed by atoms with Gasteiger partial charge >= 0.3 is 6.01 Å². The van der Waals surface area contributed by atoms with E-state index in [1.807, 2.05) is 24.3 Å². The molecule has 0 bridgehead atoms. The lowest BCUT2D eigenvalue weighted by Gasteiger charge is -2.02. The summed E-state index contributed by atoms with van der Waals surface area (Å²) in [5.41, 5.74) is 1.08. The Kier molecular flexibility index (Phi) is 5.25. The van der Waals surface area contributed by atoms with Crippen LogP contribution in [0.15, 0.2) is 24.3 Å². The average Bonchev–Trinajstić information content (AvgIpc) is 2.86. The molecule has 2 aromatic rings. The number of carbonyl (C=O) groups excluding carboxylic acids is 1. The van der Waals surface area contributed by atoms with Crippen LogP contribution in [0.2, 0.25) is 5.02 Å². The second kappa shape index (κ2) is 7.16. The van der Waals surface area contributed by atoms with E-state index in [4.69, 9.17) is 16.3 Å². The van der Waals surface area contributed by atoms with E-state index in [9.17, 15) is 4.79 Å². The van der Waals surface area contributed by atoms with Crippen molar-refractivity contribution in [2.45, 2.75) is 5.75 Å². The van der Waals surface area contributed by atoms with Crippen LogP contribution >= 0.6 is 23.4 Å². The lowest BCUT2D eigenvalue weighted by Crippen LogP contribution is -2.15.